The molecule has 1 aromatic heterocycles. The highest BCUT2D eigenvalue weighted by Crippen LogP contribution is 2.22. The Bertz CT molecular complexity index is 856. The third-order valence-electron chi connectivity index (χ3n) is 2.99. The van der Waals surface area contributed by atoms with Gasteiger partial charge in [-0.05, 0) is 52.4 Å². The summed E-state index contributed by atoms with van der Waals surface area (Å²) in [4.78, 5) is 11.9. The highest BCUT2D eigenvalue weighted by molar-refractivity contribution is 14.1. The SMILES string of the molecule is O=c1oc2ccc(I)cc2n1Cc1cccc(F)c1Cl. The van der Waals surface area contributed by atoms with Gasteiger partial charge in [-0.15, -0.1) is 0 Å². The normalized spacial score (nSPS) is 11.2. The first-order valence-corrected chi connectivity index (χ1v) is 7.24. The van der Waals surface area contributed by atoms with Crippen LogP contribution in [0.3, 0.4) is 0 Å². The molecule has 0 N–H and O–H groups in total. The lowest BCUT2D eigenvalue weighted by molar-refractivity contribution is 0.517. The van der Waals surface area contributed by atoms with Gasteiger partial charge in [0, 0.05) is 3.57 Å². The molecule has 0 fully saturated rings. The highest BCUT2D eigenvalue weighted by atomic mass is 127. The van der Waals surface area contributed by atoms with Gasteiger partial charge in [-0.1, -0.05) is 23.7 Å². The van der Waals surface area contributed by atoms with Gasteiger partial charge < -0.3 is 4.42 Å². The van der Waals surface area contributed by atoms with Gasteiger partial charge in [0.05, 0.1) is 17.1 Å². The van der Waals surface area contributed by atoms with Crippen LogP contribution in [0.15, 0.2) is 45.6 Å². The van der Waals surface area contributed by atoms with Gasteiger partial charge in [0.2, 0.25) is 0 Å². The largest absolute Gasteiger partial charge is 0.420 e. The van der Waals surface area contributed by atoms with Crippen LogP contribution >= 0.6 is 34.2 Å². The van der Waals surface area contributed by atoms with Crippen molar-refractivity contribution in [2.75, 3.05) is 0 Å². The van der Waals surface area contributed by atoms with Crippen LogP contribution < -0.4 is 5.76 Å². The van der Waals surface area contributed by atoms with E-state index in [0.29, 0.717) is 16.7 Å². The van der Waals surface area contributed by atoms with Crippen LogP contribution in [0.4, 0.5) is 4.39 Å². The van der Waals surface area contributed by atoms with Crippen LogP contribution in [0.1, 0.15) is 5.56 Å². The predicted octanol–water partition coefficient (Wildman–Crippen LogP) is 4.04. The number of nitrogens with zero attached hydrogens (tertiary/aromatic N) is 1. The Morgan fingerprint density at radius 2 is 2.10 bits per heavy atom. The van der Waals surface area contributed by atoms with Crippen LogP contribution in [0.25, 0.3) is 11.1 Å². The van der Waals surface area contributed by atoms with Crippen molar-refractivity contribution in [3.8, 4) is 0 Å². The summed E-state index contributed by atoms with van der Waals surface area (Å²) < 4.78 is 21.0. The molecular formula is C14H8ClFINO2. The molecule has 0 aliphatic carbocycles. The molecule has 0 aliphatic heterocycles. The first-order chi connectivity index (χ1) is 9.56. The molecular weight excluding hydrogens is 396 g/mol. The van der Waals surface area contributed by atoms with Crippen LogP contribution in [0.2, 0.25) is 5.02 Å². The van der Waals surface area contributed by atoms with Gasteiger partial charge in [0.1, 0.15) is 5.82 Å². The molecule has 0 radical (unpaired) electrons. The van der Waals surface area contributed by atoms with Crippen LogP contribution in [0, 0.1) is 9.39 Å². The minimum atomic E-state index is -0.500. The molecule has 3 aromatic rings. The van der Waals surface area contributed by atoms with Crippen LogP contribution in [0.5, 0.6) is 0 Å². The maximum absolute atomic E-state index is 13.4. The molecule has 0 amide bonds. The van der Waals surface area contributed by atoms with E-state index in [-0.39, 0.29) is 11.6 Å². The molecule has 2 aromatic carbocycles. The van der Waals surface area contributed by atoms with Crippen molar-refractivity contribution in [3.63, 3.8) is 0 Å². The van der Waals surface area contributed by atoms with E-state index in [2.05, 4.69) is 22.6 Å². The number of benzene rings is 2. The molecule has 20 heavy (non-hydrogen) atoms. The first-order valence-electron chi connectivity index (χ1n) is 5.78. The average molecular weight is 404 g/mol. The lowest BCUT2D eigenvalue weighted by Crippen LogP contribution is -2.15. The van der Waals surface area contributed by atoms with E-state index in [1.807, 2.05) is 12.1 Å². The Labute approximate surface area is 132 Å². The molecule has 102 valence electrons. The van der Waals surface area contributed by atoms with Crippen molar-refractivity contribution in [2.24, 2.45) is 0 Å². The van der Waals surface area contributed by atoms with E-state index < -0.39 is 11.6 Å². The second kappa shape index (κ2) is 5.21. The third-order valence-corrected chi connectivity index (χ3v) is 4.08. The smallest absolute Gasteiger partial charge is 0.408 e. The molecule has 1 heterocycles. The number of hydrogen-bond acceptors (Lipinski definition) is 2. The van der Waals surface area contributed by atoms with E-state index in [0.717, 1.165) is 3.57 Å². The maximum atomic E-state index is 13.4. The quantitative estimate of drug-likeness (QED) is 0.606. The van der Waals surface area contributed by atoms with Crippen molar-refractivity contribution in [1.29, 1.82) is 0 Å². The molecule has 3 nitrogen and oxygen atoms in total. The standard InChI is InChI=1S/C14H8ClFINO2/c15-13-8(2-1-3-10(13)16)7-18-11-6-9(17)4-5-12(11)20-14(18)19/h1-6H,7H2. The zero-order valence-corrected chi connectivity index (χ0v) is 13.0. The summed E-state index contributed by atoms with van der Waals surface area (Å²) in [5.74, 6) is -0.984. The molecule has 0 atom stereocenters. The minimum Gasteiger partial charge on any atom is -0.408 e. The average Bonchev–Trinajstić information content (AvgIpc) is 2.71. The van der Waals surface area contributed by atoms with E-state index >= 15 is 0 Å². The Morgan fingerprint density at radius 3 is 2.90 bits per heavy atom. The zero-order chi connectivity index (χ0) is 14.3. The first kappa shape index (κ1) is 13.6. The van der Waals surface area contributed by atoms with Crippen molar-refractivity contribution in [2.45, 2.75) is 6.54 Å². The molecule has 6 heteroatoms. The molecule has 0 bridgehead atoms. The summed E-state index contributed by atoms with van der Waals surface area (Å²) in [6.07, 6.45) is 0. The lowest BCUT2D eigenvalue weighted by atomic mass is 10.2. The number of hydrogen-bond donors (Lipinski definition) is 0. The molecule has 0 saturated carbocycles. The van der Waals surface area contributed by atoms with E-state index in [1.165, 1.54) is 10.6 Å². The van der Waals surface area contributed by atoms with Crippen LogP contribution in [-0.2, 0) is 6.54 Å². The summed E-state index contributed by atoms with van der Waals surface area (Å²) in [5.41, 5.74) is 1.71. The summed E-state index contributed by atoms with van der Waals surface area (Å²) in [7, 11) is 0. The number of aromatic nitrogens is 1. The minimum absolute atomic E-state index is 0.0272. The molecule has 0 unspecified atom stereocenters. The van der Waals surface area contributed by atoms with E-state index in [4.69, 9.17) is 16.0 Å². The third kappa shape index (κ3) is 2.35. The summed E-state index contributed by atoms with van der Waals surface area (Å²) in [6.45, 7) is 0.169. The topological polar surface area (TPSA) is 35.1 Å². The molecule has 0 spiro atoms. The summed E-state index contributed by atoms with van der Waals surface area (Å²) in [6, 6.07) is 9.96. The number of fused-ring (bicyclic) bond motifs is 1. The van der Waals surface area contributed by atoms with Gasteiger partial charge in [0.25, 0.3) is 0 Å². The Kier molecular flexibility index (Phi) is 3.55. The Balaban J connectivity index is 2.15. The van der Waals surface area contributed by atoms with Gasteiger partial charge in [-0.25, -0.2) is 9.18 Å². The fourth-order valence-corrected chi connectivity index (χ4v) is 2.69. The van der Waals surface area contributed by atoms with Crippen molar-refractivity contribution >= 4 is 45.3 Å². The fourth-order valence-electron chi connectivity index (χ4n) is 2.03. The number of oxazole rings is 1. The molecule has 3 rings (SSSR count). The predicted molar refractivity (Wildman–Crippen MR) is 83.7 cm³/mol. The second-order valence-electron chi connectivity index (χ2n) is 4.28. The molecule has 0 saturated heterocycles. The second-order valence-corrected chi connectivity index (χ2v) is 5.90. The van der Waals surface area contributed by atoms with Crippen molar-refractivity contribution in [1.82, 2.24) is 4.57 Å². The van der Waals surface area contributed by atoms with Gasteiger partial charge in [-0.3, -0.25) is 4.57 Å². The lowest BCUT2D eigenvalue weighted by Gasteiger charge is -2.06. The fraction of sp³-hybridized carbons (Fsp3) is 0.0714. The Morgan fingerprint density at radius 1 is 1.30 bits per heavy atom. The van der Waals surface area contributed by atoms with Gasteiger partial charge in [0.15, 0.2) is 5.58 Å². The molecule has 0 aliphatic rings. The number of halogens is 3. The summed E-state index contributed by atoms with van der Waals surface area (Å²) in [5, 5.41) is 0.0272. The van der Waals surface area contributed by atoms with Crippen LogP contribution in [-0.4, -0.2) is 4.57 Å². The van der Waals surface area contributed by atoms with E-state index in [1.54, 1.807) is 18.2 Å². The van der Waals surface area contributed by atoms with Crippen molar-refractivity contribution < 1.29 is 8.81 Å². The van der Waals surface area contributed by atoms with Gasteiger partial charge >= 0.3 is 5.76 Å². The zero-order valence-electron chi connectivity index (χ0n) is 10.1. The highest BCUT2D eigenvalue weighted by Gasteiger charge is 2.13. The Hall–Kier alpha value is -1.34. The summed E-state index contributed by atoms with van der Waals surface area (Å²) >= 11 is 8.08. The number of rotatable bonds is 2. The monoisotopic (exact) mass is 403 g/mol. The van der Waals surface area contributed by atoms with Gasteiger partial charge in [-0.2, -0.15) is 0 Å². The van der Waals surface area contributed by atoms with Crippen molar-refractivity contribution in [3.05, 3.63) is 66.9 Å². The maximum Gasteiger partial charge on any atom is 0.420 e. The van der Waals surface area contributed by atoms with E-state index in [9.17, 15) is 9.18 Å².